The molecule has 15 heavy (non-hydrogen) atoms. The second-order valence-electron chi connectivity index (χ2n) is 4.88. The van der Waals surface area contributed by atoms with Crippen LogP contribution in [-0.4, -0.2) is 4.57 Å². The van der Waals surface area contributed by atoms with Crippen LogP contribution in [0.3, 0.4) is 0 Å². The standard InChI is InChI=1S/C14H17N/c1-10(2)15-9-13(11-7-8-11)12-5-3-4-6-14(12)15/h3-6,9-11H,7-8H2,1-2H3. The molecule has 0 spiro atoms. The third kappa shape index (κ3) is 1.38. The van der Waals surface area contributed by atoms with Crippen LogP contribution >= 0.6 is 0 Å². The molecule has 0 radical (unpaired) electrons. The summed E-state index contributed by atoms with van der Waals surface area (Å²) in [6.45, 7) is 4.51. The van der Waals surface area contributed by atoms with E-state index in [4.69, 9.17) is 0 Å². The summed E-state index contributed by atoms with van der Waals surface area (Å²) in [7, 11) is 0. The van der Waals surface area contributed by atoms with Crippen molar-refractivity contribution in [1.82, 2.24) is 4.57 Å². The molecule has 1 heterocycles. The summed E-state index contributed by atoms with van der Waals surface area (Å²) in [6, 6.07) is 9.35. The molecule has 0 atom stereocenters. The number of hydrogen-bond donors (Lipinski definition) is 0. The number of fused-ring (bicyclic) bond motifs is 1. The average Bonchev–Trinajstić information content (AvgIpc) is 2.99. The van der Waals surface area contributed by atoms with Gasteiger partial charge in [-0.05, 0) is 44.2 Å². The zero-order valence-electron chi connectivity index (χ0n) is 9.40. The molecule has 78 valence electrons. The smallest absolute Gasteiger partial charge is 0.0485 e. The fraction of sp³-hybridized carbons (Fsp3) is 0.429. The Morgan fingerprint density at radius 3 is 2.60 bits per heavy atom. The third-order valence-corrected chi connectivity index (χ3v) is 3.34. The number of nitrogens with zero attached hydrogens (tertiary/aromatic N) is 1. The van der Waals surface area contributed by atoms with E-state index in [1.807, 2.05) is 0 Å². The maximum absolute atomic E-state index is 2.41. The molecule has 0 bridgehead atoms. The van der Waals surface area contributed by atoms with E-state index < -0.39 is 0 Å². The lowest BCUT2D eigenvalue weighted by atomic mass is 10.1. The highest BCUT2D eigenvalue weighted by Gasteiger charge is 2.27. The Bertz CT molecular complexity index is 453. The van der Waals surface area contributed by atoms with Crippen LogP contribution in [0.25, 0.3) is 10.9 Å². The first-order chi connectivity index (χ1) is 7.27. The predicted molar refractivity (Wildman–Crippen MR) is 64.3 cm³/mol. The van der Waals surface area contributed by atoms with Gasteiger partial charge in [0.05, 0.1) is 0 Å². The van der Waals surface area contributed by atoms with Gasteiger partial charge in [0, 0.05) is 23.1 Å². The van der Waals surface area contributed by atoms with Crippen molar-refractivity contribution in [3.05, 3.63) is 36.0 Å². The molecule has 1 saturated carbocycles. The fourth-order valence-corrected chi connectivity index (χ4v) is 2.38. The molecule has 1 aliphatic rings. The number of benzene rings is 1. The third-order valence-electron chi connectivity index (χ3n) is 3.34. The van der Waals surface area contributed by atoms with Crippen LogP contribution in [0, 0.1) is 0 Å². The highest BCUT2D eigenvalue weighted by molar-refractivity contribution is 5.85. The summed E-state index contributed by atoms with van der Waals surface area (Å²) >= 11 is 0. The van der Waals surface area contributed by atoms with Crippen LogP contribution in [0.5, 0.6) is 0 Å². The van der Waals surface area contributed by atoms with Gasteiger partial charge in [-0.25, -0.2) is 0 Å². The van der Waals surface area contributed by atoms with E-state index in [9.17, 15) is 0 Å². The van der Waals surface area contributed by atoms with E-state index in [-0.39, 0.29) is 0 Å². The van der Waals surface area contributed by atoms with Gasteiger partial charge in [0.15, 0.2) is 0 Å². The Balaban J connectivity index is 2.27. The Labute approximate surface area is 90.7 Å². The number of hydrogen-bond acceptors (Lipinski definition) is 0. The van der Waals surface area contributed by atoms with Gasteiger partial charge in [0.2, 0.25) is 0 Å². The van der Waals surface area contributed by atoms with Gasteiger partial charge in [-0.3, -0.25) is 0 Å². The van der Waals surface area contributed by atoms with Crippen molar-refractivity contribution < 1.29 is 0 Å². The zero-order valence-corrected chi connectivity index (χ0v) is 9.40. The van der Waals surface area contributed by atoms with Gasteiger partial charge in [-0.1, -0.05) is 18.2 Å². The molecule has 0 amide bonds. The van der Waals surface area contributed by atoms with Crippen LogP contribution in [0.2, 0.25) is 0 Å². The highest BCUT2D eigenvalue weighted by atomic mass is 15.0. The van der Waals surface area contributed by atoms with Crippen molar-refractivity contribution in [3.63, 3.8) is 0 Å². The molecular weight excluding hydrogens is 182 g/mol. The van der Waals surface area contributed by atoms with Crippen molar-refractivity contribution in [1.29, 1.82) is 0 Å². The predicted octanol–water partition coefficient (Wildman–Crippen LogP) is 4.10. The van der Waals surface area contributed by atoms with Crippen molar-refractivity contribution in [3.8, 4) is 0 Å². The average molecular weight is 199 g/mol. The Kier molecular flexibility index (Phi) is 1.88. The molecule has 0 aliphatic heterocycles. The van der Waals surface area contributed by atoms with Gasteiger partial charge >= 0.3 is 0 Å². The van der Waals surface area contributed by atoms with Crippen molar-refractivity contribution >= 4 is 10.9 Å². The van der Waals surface area contributed by atoms with Gasteiger partial charge in [0.25, 0.3) is 0 Å². The van der Waals surface area contributed by atoms with Gasteiger partial charge in [-0.15, -0.1) is 0 Å². The van der Waals surface area contributed by atoms with E-state index in [1.165, 1.54) is 23.7 Å². The van der Waals surface area contributed by atoms with Crippen LogP contribution in [-0.2, 0) is 0 Å². The maximum atomic E-state index is 2.41. The molecule has 1 aromatic carbocycles. The first kappa shape index (κ1) is 9.02. The lowest BCUT2D eigenvalue weighted by molar-refractivity contribution is 0.621. The van der Waals surface area contributed by atoms with Crippen LogP contribution in [0.4, 0.5) is 0 Å². The first-order valence-electron chi connectivity index (χ1n) is 5.87. The van der Waals surface area contributed by atoms with E-state index >= 15 is 0 Å². The molecule has 3 rings (SSSR count). The molecular formula is C14H17N. The molecule has 0 saturated heterocycles. The Morgan fingerprint density at radius 2 is 1.93 bits per heavy atom. The number of rotatable bonds is 2. The number of para-hydroxylation sites is 1. The van der Waals surface area contributed by atoms with E-state index in [2.05, 4.69) is 48.9 Å². The monoisotopic (exact) mass is 199 g/mol. The van der Waals surface area contributed by atoms with Crippen LogP contribution < -0.4 is 0 Å². The first-order valence-corrected chi connectivity index (χ1v) is 5.87. The SMILES string of the molecule is CC(C)n1cc(C2CC2)c2ccccc21. The van der Waals surface area contributed by atoms with Gasteiger partial charge in [-0.2, -0.15) is 0 Å². The summed E-state index contributed by atoms with van der Waals surface area (Å²) < 4.78 is 2.41. The topological polar surface area (TPSA) is 4.93 Å². The van der Waals surface area contributed by atoms with Gasteiger partial charge in [0.1, 0.15) is 0 Å². The molecule has 0 N–H and O–H groups in total. The van der Waals surface area contributed by atoms with Crippen LogP contribution in [0.15, 0.2) is 30.5 Å². The van der Waals surface area contributed by atoms with E-state index in [0.717, 1.165) is 5.92 Å². The van der Waals surface area contributed by atoms with E-state index in [0.29, 0.717) is 6.04 Å². The minimum Gasteiger partial charge on any atom is -0.345 e. The Morgan fingerprint density at radius 1 is 1.20 bits per heavy atom. The fourth-order valence-electron chi connectivity index (χ4n) is 2.38. The van der Waals surface area contributed by atoms with Crippen molar-refractivity contribution in [2.24, 2.45) is 0 Å². The molecule has 1 nitrogen and oxygen atoms in total. The zero-order chi connectivity index (χ0) is 10.4. The highest BCUT2D eigenvalue weighted by Crippen LogP contribution is 2.44. The van der Waals surface area contributed by atoms with Crippen molar-refractivity contribution in [2.75, 3.05) is 0 Å². The van der Waals surface area contributed by atoms with Crippen molar-refractivity contribution in [2.45, 2.75) is 38.6 Å². The summed E-state index contributed by atoms with van der Waals surface area (Å²) in [6.07, 6.45) is 5.13. The van der Waals surface area contributed by atoms with Crippen LogP contribution in [0.1, 0.15) is 44.2 Å². The van der Waals surface area contributed by atoms with E-state index in [1.54, 1.807) is 5.56 Å². The number of aromatic nitrogens is 1. The molecule has 2 aromatic rings. The lowest BCUT2D eigenvalue weighted by Gasteiger charge is -2.08. The maximum Gasteiger partial charge on any atom is 0.0485 e. The second kappa shape index (κ2) is 3.13. The second-order valence-corrected chi connectivity index (χ2v) is 4.88. The molecule has 1 fully saturated rings. The minimum absolute atomic E-state index is 0.558. The molecule has 1 heteroatoms. The molecule has 0 unspecified atom stereocenters. The Hall–Kier alpha value is -1.24. The minimum atomic E-state index is 0.558. The van der Waals surface area contributed by atoms with Gasteiger partial charge < -0.3 is 4.57 Å². The summed E-state index contributed by atoms with van der Waals surface area (Å²) in [5.41, 5.74) is 2.97. The normalized spacial score (nSPS) is 16.5. The summed E-state index contributed by atoms with van der Waals surface area (Å²) in [5.74, 6) is 0.842. The summed E-state index contributed by atoms with van der Waals surface area (Å²) in [5, 5.41) is 1.47. The quantitative estimate of drug-likeness (QED) is 0.686. The summed E-state index contributed by atoms with van der Waals surface area (Å²) in [4.78, 5) is 0. The largest absolute Gasteiger partial charge is 0.345 e. The molecule has 1 aromatic heterocycles. The molecule has 1 aliphatic carbocycles. The lowest BCUT2D eigenvalue weighted by Crippen LogP contribution is -1.97.